The normalized spacial score (nSPS) is 17.4. The predicted octanol–water partition coefficient (Wildman–Crippen LogP) is 7.00. The summed E-state index contributed by atoms with van der Waals surface area (Å²) >= 11 is 0. The molecule has 0 fully saturated rings. The number of hydrogen-bond acceptors (Lipinski definition) is 5. The van der Waals surface area contributed by atoms with Crippen molar-refractivity contribution in [3.63, 3.8) is 0 Å². The van der Waals surface area contributed by atoms with E-state index in [9.17, 15) is 18.0 Å². The van der Waals surface area contributed by atoms with E-state index in [1.54, 1.807) is 39.0 Å². The van der Waals surface area contributed by atoms with E-state index >= 15 is 0 Å². The topological polar surface area (TPSA) is 60.8 Å². The molecular formula is C29H27F3N2O3. The van der Waals surface area contributed by atoms with Crippen LogP contribution in [0, 0.1) is 5.92 Å². The lowest BCUT2D eigenvalue weighted by Gasteiger charge is -2.33. The van der Waals surface area contributed by atoms with Gasteiger partial charge in [-0.05, 0) is 50.1 Å². The van der Waals surface area contributed by atoms with Crippen LogP contribution < -0.4 is 4.74 Å². The first-order valence-corrected chi connectivity index (χ1v) is 11.9. The minimum atomic E-state index is -4.63. The fourth-order valence-corrected chi connectivity index (χ4v) is 4.46. The number of carbonyl (C=O) groups excluding carboxylic acids is 1. The maximum atomic E-state index is 14.1. The molecule has 1 aliphatic heterocycles. The van der Waals surface area contributed by atoms with E-state index in [-0.39, 0.29) is 24.2 Å². The SMILES string of the molecule is CC1=Nc2ccnc(OC(C)C)c2C(c2ccccc2C(F)(F)F)C1C(=O)OCC=Cc1ccccc1. The zero-order chi connectivity index (χ0) is 26.6. The van der Waals surface area contributed by atoms with Gasteiger partial charge in [0.1, 0.15) is 12.5 Å². The zero-order valence-electron chi connectivity index (χ0n) is 20.7. The van der Waals surface area contributed by atoms with Gasteiger partial charge in [-0.2, -0.15) is 13.2 Å². The highest BCUT2D eigenvalue weighted by atomic mass is 19.4. The average Bonchev–Trinajstić information content (AvgIpc) is 2.85. The fourth-order valence-electron chi connectivity index (χ4n) is 4.46. The highest BCUT2D eigenvalue weighted by Gasteiger charge is 2.45. The average molecular weight is 509 g/mol. The minimum absolute atomic E-state index is 0.0413. The van der Waals surface area contributed by atoms with Gasteiger partial charge in [-0.1, -0.05) is 54.6 Å². The maximum absolute atomic E-state index is 14.1. The van der Waals surface area contributed by atoms with Crippen LogP contribution in [0.2, 0.25) is 0 Å². The number of nitrogens with zero attached hydrogens (tertiary/aromatic N) is 2. The van der Waals surface area contributed by atoms with Crippen LogP contribution in [0.15, 0.2) is 77.9 Å². The molecule has 5 nitrogen and oxygen atoms in total. The van der Waals surface area contributed by atoms with Crippen LogP contribution >= 0.6 is 0 Å². The lowest BCUT2D eigenvalue weighted by Crippen LogP contribution is -2.35. The summed E-state index contributed by atoms with van der Waals surface area (Å²) in [5.74, 6) is -2.68. The molecule has 2 aromatic carbocycles. The summed E-state index contributed by atoms with van der Waals surface area (Å²) in [6.07, 6.45) is 0.0575. The van der Waals surface area contributed by atoms with Crippen molar-refractivity contribution in [1.82, 2.24) is 4.98 Å². The van der Waals surface area contributed by atoms with E-state index in [1.165, 1.54) is 24.4 Å². The Morgan fingerprint density at radius 1 is 1.05 bits per heavy atom. The molecule has 0 saturated heterocycles. The fraction of sp³-hybridized carbons (Fsp3) is 0.276. The standard InChI is InChI=1S/C29H27F3N2O3/c1-18(2)37-27-26-23(15-16-33-27)34-19(3)24(25(26)21-13-7-8-14-22(21)29(30,31)32)28(35)36-17-9-12-20-10-5-4-6-11-20/h4-16,18,24-25H,17H2,1-3H3. The second-order valence-electron chi connectivity index (χ2n) is 8.95. The Morgan fingerprint density at radius 3 is 2.46 bits per heavy atom. The second-order valence-corrected chi connectivity index (χ2v) is 8.95. The van der Waals surface area contributed by atoms with Gasteiger partial charge in [-0.25, -0.2) is 4.98 Å². The van der Waals surface area contributed by atoms with Crippen molar-refractivity contribution in [2.45, 2.75) is 39.0 Å². The van der Waals surface area contributed by atoms with E-state index < -0.39 is 29.5 Å². The Balaban J connectivity index is 1.77. The molecule has 1 aromatic heterocycles. The number of benzene rings is 2. The van der Waals surface area contributed by atoms with Crippen molar-refractivity contribution in [1.29, 1.82) is 0 Å². The van der Waals surface area contributed by atoms with E-state index in [4.69, 9.17) is 9.47 Å². The predicted molar refractivity (Wildman–Crippen MR) is 136 cm³/mol. The molecule has 192 valence electrons. The van der Waals surface area contributed by atoms with Gasteiger partial charge < -0.3 is 9.47 Å². The maximum Gasteiger partial charge on any atom is 0.416 e. The van der Waals surface area contributed by atoms with Crippen LogP contribution in [-0.2, 0) is 15.7 Å². The number of alkyl halides is 3. The van der Waals surface area contributed by atoms with Crippen molar-refractivity contribution >= 4 is 23.4 Å². The third-order valence-electron chi connectivity index (χ3n) is 5.96. The van der Waals surface area contributed by atoms with E-state index in [0.29, 0.717) is 17.0 Å². The third kappa shape index (κ3) is 5.90. The minimum Gasteiger partial charge on any atom is -0.475 e. The van der Waals surface area contributed by atoms with Gasteiger partial charge in [0, 0.05) is 23.4 Å². The highest BCUT2D eigenvalue weighted by Crippen LogP contribution is 2.49. The van der Waals surface area contributed by atoms with Gasteiger partial charge >= 0.3 is 12.1 Å². The summed E-state index contributed by atoms with van der Waals surface area (Å²) in [6, 6.07) is 16.3. The monoisotopic (exact) mass is 508 g/mol. The molecule has 0 amide bonds. The molecule has 2 heterocycles. The summed E-state index contributed by atoms with van der Waals surface area (Å²) in [5.41, 5.74) is 1.14. The molecule has 0 aliphatic carbocycles. The molecule has 37 heavy (non-hydrogen) atoms. The molecule has 2 unspecified atom stereocenters. The van der Waals surface area contributed by atoms with Crippen LogP contribution in [0.25, 0.3) is 6.08 Å². The lowest BCUT2D eigenvalue weighted by atomic mass is 9.74. The number of carbonyl (C=O) groups is 1. The van der Waals surface area contributed by atoms with Crippen molar-refractivity contribution < 1.29 is 27.4 Å². The number of rotatable bonds is 7. The Morgan fingerprint density at radius 2 is 1.76 bits per heavy atom. The van der Waals surface area contributed by atoms with Crippen LogP contribution in [0.3, 0.4) is 0 Å². The first kappa shape index (κ1) is 26.1. The summed E-state index contributed by atoms with van der Waals surface area (Å²) < 4.78 is 53.8. The Bertz CT molecular complexity index is 1320. The Labute approximate surface area is 213 Å². The van der Waals surface area contributed by atoms with Crippen molar-refractivity contribution in [2.75, 3.05) is 6.61 Å². The van der Waals surface area contributed by atoms with E-state index in [0.717, 1.165) is 11.6 Å². The Hall–Kier alpha value is -3.94. The van der Waals surface area contributed by atoms with Gasteiger partial charge in [0.2, 0.25) is 5.88 Å². The van der Waals surface area contributed by atoms with Crippen molar-refractivity contribution in [3.05, 3.63) is 95.2 Å². The lowest BCUT2D eigenvalue weighted by molar-refractivity contribution is -0.146. The zero-order valence-corrected chi connectivity index (χ0v) is 20.7. The number of hydrogen-bond donors (Lipinski definition) is 0. The molecule has 3 aromatic rings. The number of pyridine rings is 1. The number of fused-ring (bicyclic) bond motifs is 1. The highest BCUT2D eigenvalue weighted by molar-refractivity contribution is 6.05. The van der Waals surface area contributed by atoms with E-state index in [1.807, 2.05) is 30.3 Å². The van der Waals surface area contributed by atoms with Gasteiger partial charge in [0.05, 0.1) is 17.4 Å². The molecule has 0 N–H and O–H groups in total. The Kier molecular flexibility index (Phi) is 7.76. The van der Waals surface area contributed by atoms with Gasteiger partial charge in [-0.3, -0.25) is 9.79 Å². The number of ether oxygens (including phenoxy) is 2. The van der Waals surface area contributed by atoms with Crippen LogP contribution in [0.1, 0.15) is 48.9 Å². The van der Waals surface area contributed by atoms with Gasteiger partial charge in [0.15, 0.2) is 0 Å². The molecule has 0 spiro atoms. The smallest absolute Gasteiger partial charge is 0.416 e. The molecule has 0 saturated carbocycles. The van der Waals surface area contributed by atoms with Crippen LogP contribution in [-0.4, -0.2) is 29.4 Å². The summed E-state index contributed by atoms with van der Waals surface area (Å²) in [4.78, 5) is 22.3. The van der Waals surface area contributed by atoms with Crippen LogP contribution in [0.5, 0.6) is 5.88 Å². The van der Waals surface area contributed by atoms with Crippen LogP contribution in [0.4, 0.5) is 18.9 Å². The van der Waals surface area contributed by atoms with Crippen molar-refractivity contribution in [3.8, 4) is 5.88 Å². The summed E-state index contributed by atoms with van der Waals surface area (Å²) in [5, 5.41) is 0. The van der Waals surface area contributed by atoms with Crippen molar-refractivity contribution in [2.24, 2.45) is 10.9 Å². The van der Waals surface area contributed by atoms with E-state index in [2.05, 4.69) is 9.98 Å². The number of aromatic nitrogens is 1. The summed E-state index contributed by atoms with van der Waals surface area (Å²) in [7, 11) is 0. The van der Waals surface area contributed by atoms with Gasteiger partial charge in [0.25, 0.3) is 0 Å². The number of halogens is 3. The number of esters is 1. The molecule has 4 rings (SSSR count). The molecule has 2 atom stereocenters. The molecular weight excluding hydrogens is 481 g/mol. The molecule has 0 radical (unpaired) electrons. The second kappa shape index (κ2) is 11.0. The molecule has 0 bridgehead atoms. The largest absolute Gasteiger partial charge is 0.475 e. The number of aliphatic imine (C=N–C) groups is 1. The quantitative estimate of drug-likeness (QED) is 0.323. The first-order valence-electron chi connectivity index (χ1n) is 11.9. The summed E-state index contributed by atoms with van der Waals surface area (Å²) in [6.45, 7) is 5.17. The van der Waals surface area contributed by atoms with Gasteiger partial charge in [-0.15, -0.1) is 0 Å². The molecule has 8 heteroatoms. The third-order valence-corrected chi connectivity index (χ3v) is 5.96. The first-order chi connectivity index (χ1) is 17.7. The molecule has 1 aliphatic rings.